The summed E-state index contributed by atoms with van der Waals surface area (Å²) in [5.74, 6) is -0.00201. The van der Waals surface area contributed by atoms with E-state index in [1.54, 1.807) is 12.1 Å². The minimum absolute atomic E-state index is 0.00201. The molecule has 0 heterocycles. The van der Waals surface area contributed by atoms with Crippen molar-refractivity contribution < 1.29 is 9.72 Å². The van der Waals surface area contributed by atoms with E-state index < -0.39 is 4.92 Å². The predicted molar refractivity (Wildman–Crippen MR) is 121 cm³/mol. The van der Waals surface area contributed by atoms with Crippen molar-refractivity contribution in [2.45, 2.75) is 45.4 Å². The highest BCUT2D eigenvalue weighted by atomic mass is 16.6. The van der Waals surface area contributed by atoms with E-state index in [0.717, 1.165) is 23.1 Å². The molecule has 0 N–H and O–H groups in total. The number of unbranched alkanes of at least 4 members (excludes halogenated alkanes) is 3. The minimum Gasteiger partial charge on any atom is -0.294 e. The predicted octanol–water partition coefficient (Wildman–Crippen LogP) is 6.81. The van der Waals surface area contributed by atoms with E-state index in [1.807, 2.05) is 24.3 Å². The molecule has 0 aromatic heterocycles. The van der Waals surface area contributed by atoms with Crippen molar-refractivity contribution in [3.63, 3.8) is 0 Å². The first-order valence-corrected chi connectivity index (χ1v) is 10.5. The third kappa shape index (κ3) is 5.86. The number of non-ortho nitro benzene ring substituents is 1. The van der Waals surface area contributed by atoms with E-state index in [2.05, 4.69) is 31.2 Å². The third-order valence-electron chi connectivity index (χ3n) is 5.32. The van der Waals surface area contributed by atoms with Gasteiger partial charge in [-0.2, -0.15) is 0 Å². The zero-order chi connectivity index (χ0) is 21.3. The second-order valence-corrected chi connectivity index (χ2v) is 7.61. The fourth-order valence-electron chi connectivity index (χ4n) is 3.49. The van der Waals surface area contributed by atoms with Crippen LogP contribution >= 0.6 is 0 Å². The summed E-state index contributed by atoms with van der Waals surface area (Å²) < 4.78 is 0. The van der Waals surface area contributed by atoms with Gasteiger partial charge < -0.3 is 0 Å². The first-order valence-electron chi connectivity index (χ1n) is 10.5. The molecule has 3 aromatic rings. The van der Waals surface area contributed by atoms with Gasteiger partial charge in [-0.15, -0.1) is 0 Å². The molecule has 0 unspecified atom stereocenters. The van der Waals surface area contributed by atoms with E-state index in [-0.39, 0.29) is 17.9 Å². The van der Waals surface area contributed by atoms with Crippen LogP contribution in [0.15, 0.2) is 72.8 Å². The summed E-state index contributed by atoms with van der Waals surface area (Å²) in [5, 5.41) is 10.7. The monoisotopic (exact) mass is 401 g/mol. The number of rotatable bonds is 10. The Hall–Kier alpha value is -3.27. The molecule has 0 radical (unpaired) electrons. The number of nitrogens with zero attached hydrogens (tertiary/aromatic N) is 1. The normalized spacial score (nSPS) is 10.7. The molecule has 154 valence electrons. The van der Waals surface area contributed by atoms with Gasteiger partial charge in [0.15, 0.2) is 5.78 Å². The lowest BCUT2D eigenvalue weighted by Crippen LogP contribution is -2.03. The van der Waals surface area contributed by atoms with Crippen molar-refractivity contribution in [2.24, 2.45) is 0 Å². The molecule has 0 fully saturated rings. The SMILES string of the molecule is CCCCCCc1ccc(-c2ccc(C(=O)Cc3ccc([N+](=O)[O-])cc3)cc2)cc1. The maximum absolute atomic E-state index is 12.5. The van der Waals surface area contributed by atoms with Gasteiger partial charge in [-0.1, -0.05) is 86.8 Å². The van der Waals surface area contributed by atoms with E-state index in [4.69, 9.17) is 0 Å². The zero-order valence-electron chi connectivity index (χ0n) is 17.3. The summed E-state index contributed by atoms with van der Waals surface area (Å²) in [4.78, 5) is 22.8. The molecular formula is C26H27NO3. The number of carbonyl (C=O) groups excluding carboxylic acids is 1. The van der Waals surface area contributed by atoms with Crippen LogP contribution in [0.3, 0.4) is 0 Å². The van der Waals surface area contributed by atoms with Crippen LogP contribution in [0, 0.1) is 10.1 Å². The van der Waals surface area contributed by atoms with E-state index in [0.29, 0.717) is 5.56 Å². The molecule has 0 amide bonds. The molecule has 0 aliphatic heterocycles. The number of nitro benzene ring substituents is 1. The summed E-state index contributed by atoms with van der Waals surface area (Å²) in [6.45, 7) is 2.23. The number of hydrogen-bond acceptors (Lipinski definition) is 3. The third-order valence-corrected chi connectivity index (χ3v) is 5.32. The van der Waals surface area contributed by atoms with Crippen molar-refractivity contribution in [2.75, 3.05) is 0 Å². The van der Waals surface area contributed by atoms with Crippen LogP contribution in [0.5, 0.6) is 0 Å². The summed E-state index contributed by atoms with van der Waals surface area (Å²) in [6.07, 6.45) is 6.42. The maximum Gasteiger partial charge on any atom is 0.269 e. The van der Waals surface area contributed by atoms with Crippen molar-refractivity contribution in [3.05, 3.63) is 99.6 Å². The maximum atomic E-state index is 12.5. The van der Waals surface area contributed by atoms with Crippen LogP contribution in [0.2, 0.25) is 0 Å². The molecule has 0 spiro atoms. The van der Waals surface area contributed by atoms with Gasteiger partial charge in [-0.05, 0) is 35.1 Å². The van der Waals surface area contributed by atoms with Gasteiger partial charge in [0.1, 0.15) is 0 Å². The lowest BCUT2D eigenvalue weighted by Gasteiger charge is -2.07. The number of hydrogen-bond donors (Lipinski definition) is 0. The Morgan fingerprint density at radius 2 is 1.33 bits per heavy atom. The topological polar surface area (TPSA) is 60.2 Å². The quantitative estimate of drug-likeness (QED) is 0.162. The Labute approximate surface area is 177 Å². The Bertz CT molecular complexity index is 974. The van der Waals surface area contributed by atoms with Crippen LogP contribution in [0.4, 0.5) is 5.69 Å². The van der Waals surface area contributed by atoms with Crippen LogP contribution in [0.25, 0.3) is 11.1 Å². The first kappa shape index (κ1) is 21.4. The lowest BCUT2D eigenvalue weighted by atomic mass is 9.98. The van der Waals surface area contributed by atoms with Crippen LogP contribution in [-0.2, 0) is 12.8 Å². The van der Waals surface area contributed by atoms with Gasteiger partial charge in [0, 0.05) is 24.1 Å². The number of Topliss-reactive ketones (excluding diaryl/α,β-unsaturated/α-hetero) is 1. The highest BCUT2D eigenvalue weighted by molar-refractivity contribution is 5.97. The van der Waals surface area contributed by atoms with Crippen molar-refractivity contribution in [1.82, 2.24) is 0 Å². The number of carbonyl (C=O) groups is 1. The molecule has 0 atom stereocenters. The van der Waals surface area contributed by atoms with Crippen LogP contribution < -0.4 is 0 Å². The molecule has 4 nitrogen and oxygen atoms in total. The smallest absolute Gasteiger partial charge is 0.269 e. The molecule has 3 aromatic carbocycles. The molecule has 4 heteroatoms. The summed E-state index contributed by atoms with van der Waals surface area (Å²) in [7, 11) is 0. The molecule has 0 aliphatic rings. The molecule has 0 aliphatic carbocycles. The Morgan fingerprint density at radius 3 is 1.90 bits per heavy atom. The average Bonchev–Trinajstić information content (AvgIpc) is 2.77. The molecule has 3 rings (SSSR count). The first-order chi connectivity index (χ1) is 14.6. The number of benzene rings is 3. The van der Waals surface area contributed by atoms with Crippen LogP contribution in [-0.4, -0.2) is 10.7 Å². The van der Waals surface area contributed by atoms with Gasteiger partial charge in [-0.25, -0.2) is 0 Å². The molecule has 0 saturated carbocycles. The summed E-state index contributed by atoms with van der Waals surface area (Å²) in [5.41, 5.74) is 5.03. The fraction of sp³-hybridized carbons (Fsp3) is 0.269. The van der Waals surface area contributed by atoms with Crippen molar-refractivity contribution >= 4 is 11.5 Å². The number of ketones is 1. The van der Waals surface area contributed by atoms with Gasteiger partial charge in [0.25, 0.3) is 5.69 Å². The highest BCUT2D eigenvalue weighted by Crippen LogP contribution is 2.22. The van der Waals surface area contributed by atoms with E-state index in [1.165, 1.54) is 43.4 Å². The van der Waals surface area contributed by atoms with Crippen molar-refractivity contribution in [1.29, 1.82) is 0 Å². The fourth-order valence-corrected chi connectivity index (χ4v) is 3.49. The minimum atomic E-state index is -0.441. The Kier molecular flexibility index (Phi) is 7.50. The van der Waals surface area contributed by atoms with Gasteiger partial charge >= 0.3 is 0 Å². The summed E-state index contributed by atoms with van der Waals surface area (Å²) in [6, 6.07) is 22.4. The summed E-state index contributed by atoms with van der Waals surface area (Å²) >= 11 is 0. The zero-order valence-corrected chi connectivity index (χ0v) is 17.3. The molecule has 0 saturated heterocycles. The van der Waals surface area contributed by atoms with Crippen LogP contribution in [0.1, 0.15) is 54.1 Å². The van der Waals surface area contributed by atoms with Crippen molar-refractivity contribution in [3.8, 4) is 11.1 Å². The number of nitro groups is 1. The Morgan fingerprint density at radius 1 is 0.767 bits per heavy atom. The second kappa shape index (κ2) is 10.5. The molecule has 0 bridgehead atoms. The lowest BCUT2D eigenvalue weighted by molar-refractivity contribution is -0.384. The highest BCUT2D eigenvalue weighted by Gasteiger charge is 2.10. The van der Waals surface area contributed by atoms with Gasteiger partial charge in [0.05, 0.1) is 4.92 Å². The Balaban J connectivity index is 1.60. The average molecular weight is 402 g/mol. The number of aryl methyl sites for hydroxylation is 1. The van der Waals surface area contributed by atoms with Gasteiger partial charge in [-0.3, -0.25) is 14.9 Å². The molecular weight excluding hydrogens is 374 g/mol. The van der Waals surface area contributed by atoms with Gasteiger partial charge in [0.2, 0.25) is 0 Å². The van der Waals surface area contributed by atoms with E-state index in [9.17, 15) is 14.9 Å². The van der Waals surface area contributed by atoms with E-state index >= 15 is 0 Å². The molecule has 30 heavy (non-hydrogen) atoms. The largest absolute Gasteiger partial charge is 0.294 e. The second-order valence-electron chi connectivity index (χ2n) is 7.61. The standard InChI is InChI=1S/C26H27NO3/c1-2-3-4-5-6-20-7-11-22(12-8-20)23-13-15-24(16-14-23)26(28)19-21-9-17-25(18-10-21)27(29)30/h7-18H,2-6,19H2,1H3.